The van der Waals surface area contributed by atoms with Crippen LogP contribution >= 0.6 is 11.8 Å². The standard InChI is InChI=1S/C15H12N5O3S/c21-12-7-2-1-6-11(12)14-18-19-13(16-17-15(19)24-14)9-4-3-5-10(8-9)20(22)23/h1-8,14,18,21-22H/q-1/t14-/m0/s1. The van der Waals surface area contributed by atoms with Crippen LogP contribution in [-0.4, -0.2) is 25.2 Å². The summed E-state index contributed by atoms with van der Waals surface area (Å²) in [6.07, 6.45) is 0. The van der Waals surface area contributed by atoms with E-state index in [2.05, 4.69) is 15.6 Å². The Bertz CT molecular complexity index is 898. The lowest BCUT2D eigenvalue weighted by Crippen LogP contribution is -2.14. The molecule has 0 fully saturated rings. The maximum absolute atomic E-state index is 11.1. The first-order valence-electron chi connectivity index (χ1n) is 7.06. The quantitative estimate of drug-likeness (QED) is 0.623. The molecule has 1 aliphatic heterocycles. The zero-order valence-electron chi connectivity index (χ0n) is 12.2. The molecule has 0 aliphatic carbocycles. The van der Waals surface area contributed by atoms with Crippen LogP contribution in [0.15, 0.2) is 53.7 Å². The number of hydrogen-bond donors (Lipinski definition) is 3. The van der Waals surface area contributed by atoms with E-state index < -0.39 is 0 Å². The van der Waals surface area contributed by atoms with Crippen molar-refractivity contribution in [3.63, 3.8) is 0 Å². The second-order valence-corrected chi connectivity index (χ2v) is 6.22. The van der Waals surface area contributed by atoms with Gasteiger partial charge in [-0.1, -0.05) is 42.1 Å². The highest BCUT2D eigenvalue weighted by Gasteiger charge is 2.29. The van der Waals surface area contributed by atoms with Crippen molar-refractivity contribution in [1.29, 1.82) is 0 Å². The van der Waals surface area contributed by atoms with Crippen molar-refractivity contribution in [2.24, 2.45) is 0 Å². The maximum Gasteiger partial charge on any atom is 0.212 e. The zero-order chi connectivity index (χ0) is 16.7. The summed E-state index contributed by atoms with van der Waals surface area (Å²) in [5, 5.41) is 38.6. The molecule has 4 rings (SSSR count). The molecule has 9 heteroatoms. The number of para-hydroxylation sites is 1. The summed E-state index contributed by atoms with van der Waals surface area (Å²) >= 11 is 1.43. The fraction of sp³-hybridized carbons (Fsp3) is 0.0667. The number of anilines is 1. The first-order chi connectivity index (χ1) is 11.6. The second-order valence-electron chi connectivity index (χ2n) is 5.15. The molecule has 0 radical (unpaired) electrons. The average Bonchev–Trinajstić information content (AvgIpc) is 3.15. The first-order valence-corrected chi connectivity index (χ1v) is 7.94. The van der Waals surface area contributed by atoms with Gasteiger partial charge in [-0.25, -0.2) is 4.68 Å². The first kappa shape index (κ1) is 14.8. The van der Waals surface area contributed by atoms with Crippen LogP contribution in [0.5, 0.6) is 5.75 Å². The van der Waals surface area contributed by atoms with Gasteiger partial charge in [0.05, 0.1) is 5.69 Å². The molecule has 3 N–H and O–H groups in total. The summed E-state index contributed by atoms with van der Waals surface area (Å²) in [4.78, 5) is 0. The van der Waals surface area contributed by atoms with E-state index in [0.717, 1.165) is 5.56 Å². The van der Waals surface area contributed by atoms with Crippen molar-refractivity contribution < 1.29 is 10.3 Å². The van der Waals surface area contributed by atoms with E-state index in [1.807, 2.05) is 12.1 Å². The Morgan fingerprint density at radius 3 is 2.79 bits per heavy atom. The van der Waals surface area contributed by atoms with Crippen LogP contribution in [0.3, 0.4) is 0 Å². The molecule has 0 unspecified atom stereocenters. The number of fused-ring (bicyclic) bond motifs is 1. The molecular weight excluding hydrogens is 330 g/mol. The number of aromatic hydroxyl groups is 1. The lowest BCUT2D eigenvalue weighted by molar-refractivity contribution is 0.296. The monoisotopic (exact) mass is 342 g/mol. The lowest BCUT2D eigenvalue weighted by Gasteiger charge is -2.21. The number of phenols is 1. The van der Waals surface area contributed by atoms with Crippen LogP contribution in [-0.2, 0) is 0 Å². The van der Waals surface area contributed by atoms with Crippen LogP contribution in [0.2, 0.25) is 0 Å². The summed E-state index contributed by atoms with van der Waals surface area (Å²) in [6, 6.07) is 13.5. The van der Waals surface area contributed by atoms with E-state index >= 15 is 0 Å². The van der Waals surface area contributed by atoms with E-state index in [1.165, 1.54) is 23.9 Å². The Morgan fingerprint density at radius 1 is 1.17 bits per heavy atom. The lowest BCUT2D eigenvalue weighted by atomic mass is 10.2. The van der Waals surface area contributed by atoms with Gasteiger partial charge < -0.3 is 21.0 Å². The van der Waals surface area contributed by atoms with Crippen LogP contribution in [0, 0.1) is 5.21 Å². The topological polar surface area (TPSA) is 110 Å². The van der Waals surface area contributed by atoms with Crippen LogP contribution in [0.4, 0.5) is 5.69 Å². The smallest absolute Gasteiger partial charge is 0.212 e. The van der Waals surface area contributed by atoms with Crippen molar-refractivity contribution in [1.82, 2.24) is 14.9 Å². The molecule has 0 amide bonds. The number of nitrogens with zero attached hydrogens (tertiary/aromatic N) is 4. The highest BCUT2D eigenvalue weighted by atomic mass is 32.2. The number of aromatic nitrogens is 3. The summed E-state index contributed by atoms with van der Waals surface area (Å²) in [6.45, 7) is 0. The molecule has 0 saturated heterocycles. The van der Waals surface area contributed by atoms with E-state index in [1.54, 1.807) is 28.9 Å². The third kappa shape index (κ3) is 2.44. The molecule has 0 saturated carbocycles. The minimum Gasteiger partial charge on any atom is -0.733 e. The molecule has 3 aromatic rings. The van der Waals surface area contributed by atoms with Gasteiger partial charge in [-0.2, -0.15) is 0 Å². The van der Waals surface area contributed by atoms with Gasteiger partial charge in [0.15, 0.2) is 5.82 Å². The second kappa shape index (κ2) is 5.71. The van der Waals surface area contributed by atoms with Gasteiger partial charge >= 0.3 is 0 Å². The Balaban J connectivity index is 1.68. The number of hydrogen-bond acceptors (Lipinski definition) is 8. The number of thioether (sulfide) groups is 1. The Morgan fingerprint density at radius 2 is 2.00 bits per heavy atom. The fourth-order valence-corrected chi connectivity index (χ4v) is 3.53. The van der Waals surface area contributed by atoms with Gasteiger partial charge in [-0.15, -0.1) is 10.2 Å². The molecule has 24 heavy (non-hydrogen) atoms. The predicted octanol–water partition coefficient (Wildman–Crippen LogP) is 2.69. The molecule has 8 nitrogen and oxygen atoms in total. The number of nitrogens with one attached hydrogen (secondary N) is 1. The van der Waals surface area contributed by atoms with Gasteiger partial charge in [0.25, 0.3) is 0 Å². The van der Waals surface area contributed by atoms with Crippen molar-refractivity contribution in [2.45, 2.75) is 10.5 Å². The zero-order valence-corrected chi connectivity index (χ0v) is 13.0. The number of rotatable bonds is 3. The van der Waals surface area contributed by atoms with Crippen molar-refractivity contribution >= 4 is 17.4 Å². The van der Waals surface area contributed by atoms with Gasteiger partial charge in [0.1, 0.15) is 11.1 Å². The molecule has 1 atom stereocenters. The van der Waals surface area contributed by atoms with Gasteiger partial charge in [-0.3, -0.25) is 5.21 Å². The van der Waals surface area contributed by atoms with Gasteiger partial charge in [-0.05, 0) is 18.2 Å². The average molecular weight is 342 g/mol. The highest BCUT2D eigenvalue weighted by molar-refractivity contribution is 7.99. The normalized spacial score (nSPS) is 15.8. The predicted molar refractivity (Wildman–Crippen MR) is 89.2 cm³/mol. The fourth-order valence-electron chi connectivity index (χ4n) is 2.50. The Kier molecular flexibility index (Phi) is 3.53. The Hall–Kier alpha value is -2.75. The molecular formula is C15H12N5O3S-. The van der Waals surface area contributed by atoms with Crippen molar-refractivity contribution in [3.8, 4) is 17.1 Å². The molecule has 0 spiro atoms. The third-order valence-corrected chi connectivity index (χ3v) is 4.72. The van der Waals surface area contributed by atoms with Gasteiger partial charge in [0, 0.05) is 11.1 Å². The van der Waals surface area contributed by atoms with Crippen LogP contribution in [0.25, 0.3) is 11.4 Å². The van der Waals surface area contributed by atoms with E-state index in [4.69, 9.17) is 5.21 Å². The van der Waals surface area contributed by atoms with Gasteiger partial charge in [0.2, 0.25) is 5.16 Å². The summed E-state index contributed by atoms with van der Waals surface area (Å²) in [5.74, 6) is 0.714. The summed E-state index contributed by atoms with van der Waals surface area (Å²) in [7, 11) is 0. The largest absolute Gasteiger partial charge is 0.733 e. The molecule has 1 aromatic heterocycles. The van der Waals surface area contributed by atoms with E-state index in [-0.39, 0.29) is 22.0 Å². The van der Waals surface area contributed by atoms with E-state index in [9.17, 15) is 10.3 Å². The van der Waals surface area contributed by atoms with Crippen molar-refractivity contribution in [3.05, 3.63) is 59.3 Å². The highest BCUT2D eigenvalue weighted by Crippen LogP contribution is 2.42. The molecule has 2 heterocycles. The molecule has 2 aromatic carbocycles. The maximum atomic E-state index is 11.1. The Labute approximate surface area is 140 Å². The minimum absolute atomic E-state index is 0.104. The third-order valence-electron chi connectivity index (χ3n) is 3.65. The minimum atomic E-state index is -0.201. The number of phenolic OH excluding ortho intramolecular Hbond substituents is 1. The van der Waals surface area contributed by atoms with Crippen LogP contribution in [0.1, 0.15) is 10.9 Å². The van der Waals surface area contributed by atoms with Crippen LogP contribution < -0.4 is 10.7 Å². The SMILES string of the molecule is [O-]N(O)c1cccc(-c2nnc3n2N[C@H](c2ccccc2O)S3)c1. The summed E-state index contributed by atoms with van der Waals surface area (Å²) < 4.78 is 1.70. The van der Waals surface area contributed by atoms with Crippen molar-refractivity contribution in [2.75, 3.05) is 10.7 Å². The molecule has 122 valence electrons. The van der Waals surface area contributed by atoms with E-state index in [0.29, 0.717) is 16.5 Å². The number of benzene rings is 2. The molecule has 0 bridgehead atoms. The summed E-state index contributed by atoms with van der Waals surface area (Å²) in [5.41, 5.74) is 4.71. The molecule has 1 aliphatic rings.